The van der Waals surface area contributed by atoms with E-state index in [1.54, 1.807) is 19.3 Å². The first-order valence-electron chi connectivity index (χ1n) is 33.2. The summed E-state index contributed by atoms with van der Waals surface area (Å²) < 4.78 is 34.1. The van der Waals surface area contributed by atoms with Gasteiger partial charge in [-0.25, -0.2) is 9.79 Å². The van der Waals surface area contributed by atoms with Crippen molar-refractivity contribution in [2.75, 3.05) is 31.4 Å². The number of hydrogen-bond acceptors (Lipinski definition) is 10. The van der Waals surface area contributed by atoms with Gasteiger partial charge in [0.25, 0.3) is 15.7 Å². The molecule has 1 aromatic heterocycles. The molecule has 11 rings (SSSR count). The second-order valence-electron chi connectivity index (χ2n) is 25.2. The fraction of sp³-hybridized carbons (Fsp3) is 0.425. The summed E-state index contributed by atoms with van der Waals surface area (Å²) in [5, 5.41) is 19.4. The Kier molecular flexibility index (Phi) is 37.1. The van der Waals surface area contributed by atoms with E-state index in [4.69, 9.17) is 19.1 Å². The summed E-state index contributed by atoms with van der Waals surface area (Å²) in [6.45, 7) is 22.9. The summed E-state index contributed by atoms with van der Waals surface area (Å²) in [4.78, 5) is 38.3. The number of nitrogens with zero attached hydrogens (tertiary/aromatic N) is 3. The highest BCUT2D eigenvalue weighted by Crippen LogP contribution is 2.44. The number of carbonyl (C=O) groups excluding carboxylic acids is 1. The standard InChI is InChI=1S/C15H20O2.C14H20O3S.C13H18O.C11H14.C8H9Br.C8H9N3O2.C8H10O.C3H5Br/c1-3-17-15(16)14-10-13(14)9-8-12-6-4-11(2)5-7-12;1-11-3-5-12(6-4-11)7-8-13-9-14(13)10-17-18(2,15)16;1-10-2-4-11(5-3-10)6-7-12-8-13(12)9-14;1-3-4-5-11-8-6-10(2)7-9-11;1-7-2-4-8(6-9)5-3-7;1-10-6-5(3-4-9-6)7(12)11(2)8(10)13;1-7-2-4-8(6-9)5-3-7;1-2-3-4/h4-7,13-14H,3,8-10H2,1-2H3;3-6,13-14H,7-10H2,1-2H3;2-5,12-14H,6-9H2,1H3;3,6-9H,1,4-5H2,2H3;2-5H,6H2,1H3;4H,3H2,1-2H3;2-5,9H,6H2,1H3;2H,1,3H2. The Balaban J connectivity index is 0.000000237. The van der Waals surface area contributed by atoms with Crippen LogP contribution in [0.2, 0.25) is 0 Å². The zero-order valence-corrected chi connectivity index (χ0v) is 61.9. The van der Waals surface area contributed by atoms with Gasteiger partial charge >= 0.3 is 11.7 Å². The quantitative estimate of drug-likeness (QED) is 0.0308. The minimum Gasteiger partial charge on any atom is -0.466 e. The molecule has 0 amide bonds. The molecule has 6 unspecified atom stereocenters. The highest BCUT2D eigenvalue weighted by Gasteiger charge is 2.43. The molecule has 12 nitrogen and oxygen atoms in total. The Hall–Kier alpha value is -6.59. The molecule has 6 atom stereocenters. The smallest absolute Gasteiger partial charge is 0.332 e. The predicted molar refractivity (Wildman–Crippen MR) is 401 cm³/mol. The molecule has 95 heavy (non-hydrogen) atoms. The van der Waals surface area contributed by atoms with Crippen molar-refractivity contribution in [3.8, 4) is 0 Å². The van der Waals surface area contributed by atoms with Gasteiger partial charge in [-0.15, -0.1) is 13.2 Å². The van der Waals surface area contributed by atoms with Crippen LogP contribution in [0.3, 0.4) is 0 Å². The topological polar surface area (TPSA) is 166 Å². The lowest BCUT2D eigenvalue weighted by Crippen LogP contribution is -2.38. The number of aryl methyl sites for hydroxylation is 10. The number of allylic oxidation sites excluding steroid dienone is 2. The number of halogens is 2. The molecule has 2 heterocycles. The number of aromatic nitrogens is 2. The van der Waals surface area contributed by atoms with E-state index < -0.39 is 10.1 Å². The second kappa shape index (κ2) is 43.6. The van der Waals surface area contributed by atoms with Crippen molar-refractivity contribution in [1.82, 2.24) is 9.13 Å². The molecule has 0 bridgehead atoms. The Morgan fingerprint density at radius 1 is 0.568 bits per heavy atom. The van der Waals surface area contributed by atoms with Crippen LogP contribution in [0.5, 0.6) is 0 Å². The van der Waals surface area contributed by atoms with Crippen molar-refractivity contribution in [3.63, 3.8) is 0 Å². The van der Waals surface area contributed by atoms with Crippen molar-refractivity contribution in [2.45, 2.75) is 137 Å². The second-order valence-corrected chi connectivity index (χ2v) is 28.0. The maximum Gasteiger partial charge on any atom is 0.332 e. The molecule has 4 aliphatic rings. The molecular weight excluding hydrogens is 1340 g/mol. The summed E-state index contributed by atoms with van der Waals surface area (Å²) in [6, 6.07) is 51.0. The lowest BCUT2D eigenvalue weighted by atomic mass is 10.1. The van der Waals surface area contributed by atoms with E-state index in [1.807, 2.05) is 44.2 Å². The van der Waals surface area contributed by atoms with Crippen molar-refractivity contribution < 1.29 is 32.3 Å². The van der Waals surface area contributed by atoms with Crippen LogP contribution in [0.25, 0.3) is 0 Å². The summed E-state index contributed by atoms with van der Waals surface area (Å²) in [5.74, 6) is 3.70. The van der Waals surface area contributed by atoms with E-state index in [-0.39, 0.29) is 29.7 Å². The Bertz CT molecular complexity index is 3600. The summed E-state index contributed by atoms with van der Waals surface area (Å²) in [5.41, 5.74) is 15.7. The number of rotatable bonds is 21. The lowest BCUT2D eigenvalue weighted by Gasteiger charge is -2.05. The van der Waals surface area contributed by atoms with Crippen LogP contribution in [0.15, 0.2) is 185 Å². The number of alkyl halides is 2. The molecule has 3 fully saturated rings. The number of aliphatic hydroxyl groups excluding tert-OH is 2. The molecular formula is C80H105Br2N3O9S. The van der Waals surface area contributed by atoms with Crippen molar-refractivity contribution in [2.24, 2.45) is 54.6 Å². The van der Waals surface area contributed by atoms with Gasteiger partial charge in [0.1, 0.15) is 5.82 Å². The van der Waals surface area contributed by atoms with Crippen LogP contribution in [0, 0.1) is 77.0 Å². The van der Waals surface area contributed by atoms with Gasteiger partial charge in [0.2, 0.25) is 0 Å². The number of ether oxygens (including phenoxy) is 1. The van der Waals surface area contributed by atoms with Crippen molar-refractivity contribution >= 4 is 60.0 Å². The first kappa shape index (κ1) is 80.8. The first-order valence-corrected chi connectivity index (χ1v) is 37.2. The number of esters is 1. The van der Waals surface area contributed by atoms with E-state index in [0.717, 1.165) is 84.3 Å². The molecule has 6 aromatic carbocycles. The molecule has 0 radical (unpaired) electrons. The highest BCUT2D eigenvalue weighted by molar-refractivity contribution is 9.09. The van der Waals surface area contributed by atoms with Crippen LogP contribution in [0.1, 0.15) is 124 Å². The monoisotopic (exact) mass is 1440 g/mol. The number of benzene rings is 6. The summed E-state index contributed by atoms with van der Waals surface area (Å²) in [6.07, 6.45) is 19.4. The van der Waals surface area contributed by atoms with Gasteiger partial charge in [-0.2, -0.15) is 8.42 Å². The molecule has 514 valence electrons. The van der Waals surface area contributed by atoms with Crippen LogP contribution >= 0.6 is 31.9 Å². The van der Waals surface area contributed by atoms with Gasteiger partial charge in [-0.3, -0.25) is 22.9 Å². The molecule has 0 spiro atoms. The third-order valence-electron chi connectivity index (χ3n) is 16.8. The zero-order valence-electron chi connectivity index (χ0n) is 58.0. The molecule has 3 aliphatic carbocycles. The summed E-state index contributed by atoms with van der Waals surface area (Å²) in [7, 11) is -0.185. The highest BCUT2D eigenvalue weighted by atomic mass is 79.9. The third-order valence-corrected chi connectivity index (χ3v) is 18.5. The molecule has 2 N–H and O–H groups in total. The number of hydrogen-bond donors (Lipinski definition) is 2. The minimum absolute atomic E-state index is 0.00130. The molecule has 3 saturated carbocycles. The average Bonchev–Trinajstić information content (AvgIpc) is 1.80. The van der Waals surface area contributed by atoms with Gasteiger partial charge in [0.15, 0.2) is 0 Å². The molecule has 7 aromatic rings. The first-order chi connectivity index (χ1) is 45.5. The number of carbonyl (C=O) groups is 1. The maximum absolute atomic E-state index is 11.5. The van der Waals surface area contributed by atoms with E-state index in [9.17, 15) is 22.8 Å². The van der Waals surface area contributed by atoms with Crippen LogP contribution < -0.4 is 11.2 Å². The zero-order chi connectivity index (χ0) is 69.9. The Labute approximate surface area is 585 Å². The summed E-state index contributed by atoms with van der Waals surface area (Å²) >= 11 is 6.51. The molecule has 0 saturated heterocycles. The van der Waals surface area contributed by atoms with Crippen LogP contribution in [-0.4, -0.2) is 71.4 Å². The minimum atomic E-state index is -3.27. The van der Waals surface area contributed by atoms with Crippen LogP contribution in [-0.2, 0) is 82.0 Å². The largest absolute Gasteiger partial charge is 0.466 e. The number of fused-ring (bicyclic) bond motifs is 1. The van der Waals surface area contributed by atoms with Gasteiger partial charge in [-0.05, 0) is 182 Å². The average molecular weight is 1440 g/mol. The van der Waals surface area contributed by atoms with Gasteiger partial charge in [0, 0.05) is 44.0 Å². The lowest BCUT2D eigenvalue weighted by molar-refractivity contribution is -0.145. The number of aliphatic imine (C=N–C) groups is 1. The third kappa shape index (κ3) is 32.3. The fourth-order valence-corrected chi connectivity index (χ4v) is 11.1. The van der Waals surface area contributed by atoms with E-state index >= 15 is 0 Å². The Morgan fingerprint density at radius 3 is 1.33 bits per heavy atom. The van der Waals surface area contributed by atoms with Gasteiger partial charge in [0.05, 0.1) is 37.6 Å². The number of aliphatic hydroxyl groups is 2. The van der Waals surface area contributed by atoms with Gasteiger partial charge in [-0.1, -0.05) is 223 Å². The maximum atomic E-state index is 11.5. The van der Waals surface area contributed by atoms with E-state index in [0.29, 0.717) is 61.3 Å². The molecule has 1 aliphatic heterocycles. The molecule has 15 heteroatoms. The predicted octanol–water partition coefficient (Wildman–Crippen LogP) is 16.6. The van der Waals surface area contributed by atoms with E-state index in [1.165, 1.54) is 92.1 Å². The SMILES string of the molecule is C=CCBr.C=CCCc1ccc(C)cc1.CCOC(=O)C1CC1CCc1ccc(C)cc1.Cc1ccc(CBr)cc1.Cc1ccc(CCC2CC2CO)cc1.Cc1ccc(CCC2CC2COS(C)(=O)=O)cc1.Cc1ccc(CO)cc1.Cn1c2c(c(=O)n(C)c1=O)CC=N2. The normalized spacial score (nSPS) is 17.0. The van der Waals surface area contributed by atoms with Crippen molar-refractivity contribution in [3.05, 3.63) is 264 Å². The van der Waals surface area contributed by atoms with Crippen molar-refractivity contribution in [1.29, 1.82) is 0 Å². The van der Waals surface area contributed by atoms with Crippen LogP contribution in [0.4, 0.5) is 5.82 Å². The van der Waals surface area contributed by atoms with E-state index in [2.05, 4.69) is 206 Å². The van der Waals surface area contributed by atoms with Gasteiger partial charge < -0.3 is 14.9 Å². The Morgan fingerprint density at radius 2 is 0.958 bits per heavy atom. The fourth-order valence-electron chi connectivity index (χ4n) is 10.3.